The van der Waals surface area contributed by atoms with Crippen LogP contribution in [0.4, 0.5) is 0 Å². The lowest BCUT2D eigenvalue weighted by Gasteiger charge is -2.19. The highest BCUT2D eigenvalue weighted by Gasteiger charge is 2.28. The molecule has 2 atom stereocenters. The second kappa shape index (κ2) is 20.3. The predicted octanol–water partition coefficient (Wildman–Crippen LogP) is 5.10. The van der Waals surface area contributed by atoms with Gasteiger partial charge in [0.15, 0.2) is 6.04 Å². The van der Waals surface area contributed by atoms with Gasteiger partial charge in [0, 0.05) is 12.8 Å². The third kappa shape index (κ3) is 15.7. The Morgan fingerprint density at radius 2 is 1.15 bits per heavy atom. The highest BCUT2D eigenvalue weighted by molar-refractivity contribution is 5.99. The summed E-state index contributed by atoms with van der Waals surface area (Å²) in [6.07, 6.45) is 14.3. The molecule has 0 aromatic carbocycles. The van der Waals surface area contributed by atoms with E-state index in [1.165, 1.54) is 51.9 Å². The Bertz CT molecular complexity index is 618. The number of carbonyl (C=O) groups excluding carboxylic acids is 2. The molecule has 0 aliphatic rings. The second-order valence-corrected chi connectivity index (χ2v) is 9.14. The maximum absolute atomic E-state index is 12.6. The van der Waals surface area contributed by atoms with Gasteiger partial charge in [-0.15, -0.1) is 0 Å². The molecular formula is C26H48N2O6. The van der Waals surface area contributed by atoms with Crippen LogP contribution in [0.3, 0.4) is 0 Å². The third-order valence-corrected chi connectivity index (χ3v) is 5.84. The monoisotopic (exact) mass is 484 g/mol. The molecule has 2 unspecified atom stereocenters. The SMILES string of the molecule is CCCCCCCCCCCCCC(=O)N/C(C(=O)NC(C(=O)O)C(C)O)=C(/O)CCCCC. The molecule has 0 spiro atoms. The molecule has 0 fully saturated rings. The van der Waals surface area contributed by atoms with E-state index < -0.39 is 29.9 Å². The number of carboxylic acids is 1. The lowest BCUT2D eigenvalue weighted by atomic mass is 10.1. The minimum Gasteiger partial charge on any atom is -0.510 e. The summed E-state index contributed by atoms with van der Waals surface area (Å²) in [5.74, 6) is -3.00. The molecule has 34 heavy (non-hydrogen) atoms. The van der Waals surface area contributed by atoms with Crippen molar-refractivity contribution in [2.24, 2.45) is 0 Å². The van der Waals surface area contributed by atoms with E-state index in [4.69, 9.17) is 0 Å². The number of nitrogens with one attached hydrogen (secondary N) is 2. The van der Waals surface area contributed by atoms with Gasteiger partial charge in [-0.05, 0) is 19.8 Å². The average molecular weight is 485 g/mol. The number of aliphatic hydroxyl groups is 2. The number of hydrogen-bond donors (Lipinski definition) is 5. The molecule has 0 saturated carbocycles. The van der Waals surface area contributed by atoms with Crippen LogP contribution >= 0.6 is 0 Å². The van der Waals surface area contributed by atoms with E-state index >= 15 is 0 Å². The molecule has 2 amide bonds. The second-order valence-electron chi connectivity index (χ2n) is 9.14. The maximum atomic E-state index is 12.6. The van der Waals surface area contributed by atoms with Crippen molar-refractivity contribution in [2.75, 3.05) is 0 Å². The van der Waals surface area contributed by atoms with Crippen molar-refractivity contribution >= 4 is 17.8 Å². The Hall–Kier alpha value is -2.09. The molecule has 0 aliphatic carbocycles. The Morgan fingerprint density at radius 3 is 1.62 bits per heavy atom. The standard InChI is InChI=1S/C26H48N2O6/c1-4-6-8-9-10-11-12-13-14-15-17-19-22(31)27-24(21(30)18-16-7-5-2)25(32)28-23(20(3)29)26(33)34/h20,23,29-30H,4-19H2,1-3H3,(H,27,31)(H,28,32)(H,33,34)/b24-21+. The minimum atomic E-state index is -1.55. The van der Waals surface area contributed by atoms with Gasteiger partial charge in [0.1, 0.15) is 11.5 Å². The van der Waals surface area contributed by atoms with E-state index in [9.17, 15) is 29.7 Å². The van der Waals surface area contributed by atoms with E-state index in [-0.39, 0.29) is 24.3 Å². The predicted molar refractivity (Wildman–Crippen MR) is 134 cm³/mol. The van der Waals surface area contributed by atoms with Crippen LogP contribution < -0.4 is 10.6 Å². The lowest BCUT2D eigenvalue weighted by molar-refractivity contribution is -0.144. The molecule has 0 radical (unpaired) electrons. The minimum absolute atomic E-state index is 0.196. The first-order valence-corrected chi connectivity index (χ1v) is 13.2. The van der Waals surface area contributed by atoms with Crippen molar-refractivity contribution in [3.8, 4) is 0 Å². The molecule has 0 saturated heterocycles. The van der Waals surface area contributed by atoms with Gasteiger partial charge in [0.05, 0.1) is 6.10 Å². The molecule has 0 aromatic rings. The molecule has 198 valence electrons. The summed E-state index contributed by atoms with van der Waals surface area (Å²) < 4.78 is 0. The number of carboxylic acid groups (broad SMARTS) is 1. The number of aliphatic hydroxyl groups excluding tert-OH is 2. The summed E-state index contributed by atoms with van der Waals surface area (Å²) in [5.41, 5.74) is -0.337. The van der Waals surface area contributed by atoms with Crippen molar-refractivity contribution in [1.29, 1.82) is 0 Å². The molecule has 0 rings (SSSR count). The summed E-state index contributed by atoms with van der Waals surface area (Å²) >= 11 is 0. The van der Waals surface area contributed by atoms with Crippen molar-refractivity contribution in [3.63, 3.8) is 0 Å². The Balaban J connectivity index is 4.59. The van der Waals surface area contributed by atoms with Crippen LogP contribution in [0.5, 0.6) is 0 Å². The Morgan fingerprint density at radius 1 is 0.706 bits per heavy atom. The van der Waals surface area contributed by atoms with Gasteiger partial charge in [-0.2, -0.15) is 0 Å². The number of carbonyl (C=O) groups is 3. The highest BCUT2D eigenvalue weighted by atomic mass is 16.4. The van der Waals surface area contributed by atoms with Gasteiger partial charge in [0.2, 0.25) is 5.91 Å². The van der Waals surface area contributed by atoms with Crippen LogP contribution in [-0.2, 0) is 14.4 Å². The topological polar surface area (TPSA) is 136 Å². The number of hydrogen-bond acceptors (Lipinski definition) is 5. The molecule has 5 N–H and O–H groups in total. The number of unbranched alkanes of at least 4 members (excludes halogenated alkanes) is 12. The zero-order chi connectivity index (χ0) is 25.8. The molecule has 8 nitrogen and oxygen atoms in total. The molecule has 0 bridgehead atoms. The Kier molecular flexibility index (Phi) is 19.0. The van der Waals surface area contributed by atoms with Gasteiger partial charge in [0.25, 0.3) is 5.91 Å². The van der Waals surface area contributed by atoms with Crippen LogP contribution in [0.25, 0.3) is 0 Å². The van der Waals surface area contributed by atoms with E-state index in [0.717, 1.165) is 32.1 Å². The normalized spacial score (nSPS) is 13.6. The largest absolute Gasteiger partial charge is 0.510 e. The van der Waals surface area contributed by atoms with E-state index in [1.54, 1.807) is 0 Å². The third-order valence-electron chi connectivity index (χ3n) is 5.84. The molecule has 0 aromatic heterocycles. The molecule has 0 heterocycles. The first kappa shape index (κ1) is 31.9. The van der Waals surface area contributed by atoms with Crippen LogP contribution in [0.2, 0.25) is 0 Å². The summed E-state index contributed by atoms with van der Waals surface area (Å²) in [6.45, 7) is 5.47. The summed E-state index contributed by atoms with van der Waals surface area (Å²) in [4.78, 5) is 36.3. The van der Waals surface area contributed by atoms with Gasteiger partial charge < -0.3 is 26.0 Å². The lowest BCUT2D eigenvalue weighted by Crippen LogP contribution is -2.50. The summed E-state index contributed by atoms with van der Waals surface area (Å²) in [7, 11) is 0. The number of aliphatic carboxylic acids is 1. The van der Waals surface area contributed by atoms with Crippen LogP contribution in [0.15, 0.2) is 11.5 Å². The van der Waals surface area contributed by atoms with E-state index in [0.29, 0.717) is 12.8 Å². The number of rotatable bonds is 21. The fourth-order valence-corrected chi connectivity index (χ4v) is 3.68. The van der Waals surface area contributed by atoms with Crippen LogP contribution in [0.1, 0.15) is 124 Å². The fourth-order valence-electron chi connectivity index (χ4n) is 3.68. The van der Waals surface area contributed by atoms with Crippen LogP contribution in [-0.4, -0.2) is 45.2 Å². The smallest absolute Gasteiger partial charge is 0.328 e. The Labute approximate surface area is 205 Å². The highest BCUT2D eigenvalue weighted by Crippen LogP contribution is 2.13. The fraction of sp³-hybridized carbons (Fsp3) is 0.808. The number of allylic oxidation sites excluding steroid dienone is 1. The quantitative estimate of drug-likeness (QED) is 0.0873. The van der Waals surface area contributed by atoms with E-state index in [2.05, 4.69) is 17.6 Å². The van der Waals surface area contributed by atoms with Crippen molar-refractivity contribution in [3.05, 3.63) is 11.5 Å². The zero-order valence-corrected chi connectivity index (χ0v) is 21.5. The molecule has 0 aliphatic heterocycles. The van der Waals surface area contributed by atoms with Gasteiger partial charge in [-0.1, -0.05) is 90.9 Å². The maximum Gasteiger partial charge on any atom is 0.328 e. The summed E-state index contributed by atoms with van der Waals surface area (Å²) in [5, 5.41) is 33.9. The molecular weight excluding hydrogens is 436 g/mol. The first-order valence-electron chi connectivity index (χ1n) is 13.2. The van der Waals surface area contributed by atoms with E-state index in [1.807, 2.05) is 6.92 Å². The van der Waals surface area contributed by atoms with Gasteiger partial charge in [-0.25, -0.2) is 4.79 Å². The van der Waals surface area contributed by atoms with Crippen molar-refractivity contribution in [1.82, 2.24) is 10.6 Å². The number of amides is 2. The molecule has 8 heteroatoms. The first-order chi connectivity index (χ1) is 16.2. The van der Waals surface area contributed by atoms with Crippen molar-refractivity contribution in [2.45, 2.75) is 136 Å². The van der Waals surface area contributed by atoms with Crippen LogP contribution in [0, 0.1) is 0 Å². The van der Waals surface area contributed by atoms with Gasteiger partial charge >= 0.3 is 5.97 Å². The summed E-state index contributed by atoms with van der Waals surface area (Å²) in [6, 6.07) is -1.55. The van der Waals surface area contributed by atoms with Crippen molar-refractivity contribution < 1.29 is 29.7 Å². The zero-order valence-electron chi connectivity index (χ0n) is 21.5. The average Bonchev–Trinajstić information content (AvgIpc) is 2.78. The van der Waals surface area contributed by atoms with Gasteiger partial charge in [-0.3, -0.25) is 9.59 Å².